The Hall–Kier alpha value is -1.36. The van der Waals surface area contributed by atoms with Crippen LogP contribution in [0.1, 0.15) is 44.1 Å². The van der Waals surface area contributed by atoms with Crippen LogP contribution in [0.15, 0.2) is 24.3 Å². The summed E-state index contributed by atoms with van der Waals surface area (Å²) in [5, 5.41) is 9.46. The molecule has 90 valence electrons. The molecule has 1 nitrogen and oxygen atoms in total. The van der Waals surface area contributed by atoms with Gasteiger partial charge in [-0.3, -0.25) is 0 Å². The van der Waals surface area contributed by atoms with Crippen molar-refractivity contribution in [1.29, 1.82) is 5.26 Å². The summed E-state index contributed by atoms with van der Waals surface area (Å²) in [5.41, 5.74) is 0.865. The molecule has 2 rings (SSSR count). The van der Waals surface area contributed by atoms with E-state index in [2.05, 4.69) is 6.07 Å². The highest BCUT2D eigenvalue weighted by molar-refractivity contribution is 5.20. The molecule has 1 fully saturated rings. The SMILES string of the molecule is N#CC1(Cc2ccc(F)cc2)CCCCCC1. The molecular weight excluding hydrogens is 213 g/mol. The second kappa shape index (κ2) is 5.31. The molecule has 0 spiro atoms. The fraction of sp³-hybridized carbons (Fsp3) is 0.533. The zero-order chi connectivity index (χ0) is 12.1. The van der Waals surface area contributed by atoms with Crippen molar-refractivity contribution in [3.63, 3.8) is 0 Å². The molecule has 0 atom stereocenters. The number of nitrogens with zero attached hydrogens (tertiary/aromatic N) is 1. The summed E-state index contributed by atoms with van der Waals surface area (Å²) in [5.74, 6) is -0.208. The van der Waals surface area contributed by atoms with Gasteiger partial charge in [-0.05, 0) is 37.0 Å². The summed E-state index contributed by atoms with van der Waals surface area (Å²) in [6, 6.07) is 9.10. The molecule has 1 aromatic carbocycles. The third-order valence-electron chi connectivity index (χ3n) is 3.75. The summed E-state index contributed by atoms with van der Waals surface area (Å²) in [4.78, 5) is 0. The second-order valence-electron chi connectivity index (χ2n) is 5.11. The van der Waals surface area contributed by atoms with Crippen LogP contribution in [0.2, 0.25) is 0 Å². The van der Waals surface area contributed by atoms with Crippen LogP contribution in [0.3, 0.4) is 0 Å². The van der Waals surface area contributed by atoms with E-state index in [0.29, 0.717) is 0 Å². The van der Waals surface area contributed by atoms with Crippen molar-refractivity contribution in [3.05, 3.63) is 35.6 Å². The van der Waals surface area contributed by atoms with E-state index in [1.54, 1.807) is 12.1 Å². The van der Waals surface area contributed by atoms with Crippen molar-refractivity contribution in [3.8, 4) is 6.07 Å². The van der Waals surface area contributed by atoms with E-state index >= 15 is 0 Å². The van der Waals surface area contributed by atoms with Crippen LogP contribution in [0.5, 0.6) is 0 Å². The van der Waals surface area contributed by atoms with Crippen molar-refractivity contribution in [1.82, 2.24) is 0 Å². The molecule has 0 aromatic heterocycles. The molecular formula is C15H18FN. The Kier molecular flexibility index (Phi) is 3.78. The van der Waals surface area contributed by atoms with Gasteiger partial charge in [0.05, 0.1) is 11.5 Å². The Morgan fingerprint density at radius 1 is 1.06 bits per heavy atom. The van der Waals surface area contributed by atoms with Crippen LogP contribution >= 0.6 is 0 Å². The predicted molar refractivity (Wildman–Crippen MR) is 65.9 cm³/mol. The Labute approximate surface area is 102 Å². The maximum Gasteiger partial charge on any atom is 0.123 e. The lowest BCUT2D eigenvalue weighted by molar-refractivity contribution is 0.339. The number of halogens is 1. The molecule has 0 aliphatic heterocycles. The van der Waals surface area contributed by atoms with Gasteiger partial charge in [-0.2, -0.15) is 5.26 Å². The van der Waals surface area contributed by atoms with Gasteiger partial charge in [0.25, 0.3) is 0 Å². The van der Waals surface area contributed by atoms with E-state index in [-0.39, 0.29) is 11.2 Å². The van der Waals surface area contributed by atoms with Gasteiger partial charge >= 0.3 is 0 Å². The molecule has 1 aliphatic rings. The molecule has 2 heteroatoms. The summed E-state index contributed by atoms with van der Waals surface area (Å²) < 4.78 is 12.8. The first-order valence-electron chi connectivity index (χ1n) is 6.40. The maximum absolute atomic E-state index is 12.8. The van der Waals surface area contributed by atoms with Crippen LogP contribution < -0.4 is 0 Å². The van der Waals surface area contributed by atoms with Crippen LogP contribution in [-0.4, -0.2) is 0 Å². The smallest absolute Gasteiger partial charge is 0.123 e. The van der Waals surface area contributed by atoms with E-state index in [1.807, 2.05) is 0 Å². The van der Waals surface area contributed by atoms with Gasteiger partial charge in [-0.1, -0.05) is 37.8 Å². The van der Waals surface area contributed by atoms with Crippen LogP contribution in [-0.2, 0) is 6.42 Å². The summed E-state index contributed by atoms with van der Waals surface area (Å²) in [7, 11) is 0. The minimum absolute atomic E-state index is 0.208. The highest BCUT2D eigenvalue weighted by Gasteiger charge is 2.30. The fourth-order valence-corrected chi connectivity index (χ4v) is 2.73. The van der Waals surface area contributed by atoms with Crippen molar-refractivity contribution in [2.75, 3.05) is 0 Å². The molecule has 0 unspecified atom stereocenters. The molecule has 0 heterocycles. The van der Waals surface area contributed by atoms with Crippen LogP contribution in [0.25, 0.3) is 0 Å². The first kappa shape index (κ1) is 12.1. The maximum atomic E-state index is 12.8. The van der Waals surface area contributed by atoms with Crippen molar-refractivity contribution >= 4 is 0 Å². The van der Waals surface area contributed by atoms with E-state index in [1.165, 1.54) is 25.0 Å². The van der Waals surface area contributed by atoms with Gasteiger partial charge in [0.1, 0.15) is 5.82 Å². The average Bonchev–Trinajstić information content (AvgIpc) is 2.58. The Morgan fingerprint density at radius 3 is 2.18 bits per heavy atom. The predicted octanol–water partition coefficient (Wildman–Crippen LogP) is 4.23. The lowest BCUT2D eigenvalue weighted by Gasteiger charge is -2.24. The number of rotatable bonds is 2. The second-order valence-corrected chi connectivity index (χ2v) is 5.11. The van der Waals surface area contributed by atoms with Gasteiger partial charge < -0.3 is 0 Å². The van der Waals surface area contributed by atoms with Crippen LogP contribution in [0.4, 0.5) is 4.39 Å². The molecule has 0 amide bonds. The Balaban J connectivity index is 2.13. The van der Waals surface area contributed by atoms with Gasteiger partial charge in [0, 0.05) is 0 Å². The van der Waals surface area contributed by atoms with Crippen LogP contribution in [0, 0.1) is 22.6 Å². The number of benzene rings is 1. The van der Waals surface area contributed by atoms with Gasteiger partial charge in [-0.25, -0.2) is 4.39 Å². The highest BCUT2D eigenvalue weighted by atomic mass is 19.1. The fourth-order valence-electron chi connectivity index (χ4n) is 2.73. The Morgan fingerprint density at radius 2 is 1.65 bits per heavy atom. The first-order chi connectivity index (χ1) is 8.24. The minimum atomic E-state index is -0.214. The zero-order valence-electron chi connectivity index (χ0n) is 10.1. The monoisotopic (exact) mass is 231 g/mol. The first-order valence-corrected chi connectivity index (χ1v) is 6.40. The quantitative estimate of drug-likeness (QED) is 0.699. The van der Waals surface area contributed by atoms with E-state index in [0.717, 1.165) is 37.7 Å². The zero-order valence-corrected chi connectivity index (χ0v) is 10.1. The number of nitriles is 1. The normalized spacial score (nSPS) is 19.3. The molecule has 1 aliphatic carbocycles. The van der Waals surface area contributed by atoms with Crippen molar-refractivity contribution in [2.45, 2.75) is 44.9 Å². The molecule has 0 bridgehead atoms. The molecule has 0 radical (unpaired) electrons. The molecule has 0 N–H and O–H groups in total. The number of hydrogen-bond acceptors (Lipinski definition) is 1. The van der Waals surface area contributed by atoms with Crippen molar-refractivity contribution < 1.29 is 4.39 Å². The van der Waals surface area contributed by atoms with Gasteiger partial charge in [-0.15, -0.1) is 0 Å². The minimum Gasteiger partial charge on any atom is -0.207 e. The average molecular weight is 231 g/mol. The third-order valence-corrected chi connectivity index (χ3v) is 3.75. The van der Waals surface area contributed by atoms with E-state index in [9.17, 15) is 9.65 Å². The molecule has 17 heavy (non-hydrogen) atoms. The van der Waals surface area contributed by atoms with Gasteiger partial charge in [0.15, 0.2) is 0 Å². The van der Waals surface area contributed by atoms with Gasteiger partial charge in [0.2, 0.25) is 0 Å². The molecule has 1 aromatic rings. The van der Waals surface area contributed by atoms with E-state index < -0.39 is 0 Å². The summed E-state index contributed by atoms with van der Waals surface area (Å²) in [6.45, 7) is 0. The molecule has 1 saturated carbocycles. The topological polar surface area (TPSA) is 23.8 Å². The summed E-state index contributed by atoms with van der Waals surface area (Å²) >= 11 is 0. The third kappa shape index (κ3) is 3.06. The summed E-state index contributed by atoms with van der Waals surface area (Å²) in [6.07, 6.45) is 7.52. The van der Waals surface area contributed by atoms with Crippen molar-refractivity contribution in [2.24, 2.45) is 5.41 Å². The Bertz CT molecular complexity index is 394. The largest absolute Gasteiger partial charge is 0.207 e. The molecule has 0 saturated heterocycles. The van der Waals surface area contributed by atoms with E-state index in [4.69, 9.17) is 0 Å². The lowest BCUT2D eigenvalue weighted by atomic mass is 9.77. The standard InChI is InChI=1S/C15H18FN/c16-14-7-5-13(6-8-14)11-15(12-17)9-3-1-2-4-10-15/h5-8H,1-4,9-11H2. The highest BCUT2D eigenvalue weighted by Crippen LogP contribution is 2.37. The lowest BCUT2D eigenvalue weighted by Crippen LogP contribution is -2.20. The number of hydrogen-bond donors (Lipinski definition) is 0.